The lowest BCUT2D eigenvalue weighted by Crippen LogP contribution is -2.21. The first kappa shape index (κ1) is 12.8. The number of carbonyl (C=O) groups excluding carboxylic acids is 1. The number of anilines is 2. The van der Waals surface area contributed by atoms with Crippen molar-refractivity contribution in [2.24, 2.45) is 7.05 Å². The lowest BCUT2D eigenvalue weighted by Gasteiger charge is -2.16. The van der Waals surface area contributed by atoms with Crippen LogP contribution in [0.2, 0.25) is 0 Å². The fraction of sp³-hybridized carbons (Fsp3) is 0.182. The van der Waals surface area contributed by atoms with E-state index < -0.39 is 12.2 Å². The van der Waals surface area contributed by atoms with Crippen molar-refractivity contribution in [3.63, 3.8) is 0 Å². The molecule has 2 aromatic heterocycles. The van der Waals surface area contributed by atoms with Crippen LogP contribution in [-0.4, -0.2) is 37.3 Å². The van der Waals surface area contributed by atoms with E-state index in [0.717, 1.165) is 0 Å². The molecular weight excluding hydrogens is 280 g/mol. The molecule has 0 fully saturated rings. The van der Waals surface area contributed by atoms with Crippen LogP contribution >= 0.6 is 0 Å². The van der Waals surface area contributed by atoms with Crippen LogP contribution in [0.25, 0.3) is 11.4 Å². The largest absolute Gasteiger partial charge is 0.465 e. The van der Waals surface area contributed by atoms with Crippen molar-refractivity contribution in [3.8, 4) is 11.4 Å². The number of ether oxygens (including phenoxy) is 1. The number of rotatable bonds is 2. The van der Waals surface area contributed by atoms with Gasteiger partial charge in [-0.05, 0) is 12.1 Å². The van der Waals surface area contributed by atoms with E-state index in [0.29, 0.717) is 22.8 Å². The minimum Gasteiger partial charge on any atom is -0.465 e. The molecule has 0 radical (unpaired) electrons. The Morgan fingerprint density at radius 1 is 1.52 bits per heavy atom. The Morgan fingerprint density at radius 2 is 2.33 bits per heavy atom. The zero-order valence-electron chi connectivity index (χ0n) is 10.8. The lowest BCUT2D eigenvalue weighted by molar-refractivity contribution is 0.149. The quantitative estimate of drug-likeness (QED) is 0.752. The van der Waals surface area contributed by atoms with E-state index in [4.69, 9.17) is 9.84 Å². The van der Waals surface area contributed by atoms with Crippen molar-refractivity contribution in [2.45, 2.75) is 6.61 Å². The first-order chi connectivity index (χ1) is 10.0. The SMILES string of the molecule is Cn1nnc(-c2ccc3c(n2)COC(=O)N3)c1NC(=O)O. The molecule has 1 aliphatic heterocycles. The van der Waals surface area contributed by atoms with Crippen LogP contribution in [0.15, 0.2) is 12.1 Å². The Balaban J connectivity index is 2.02. The maximum absolute atomic E-state index is 11.1. The predicted molar refractivity (Wildman–Crippen MR) is 69.7 cm³/mol. The smallest absolute Gasteiger partial charge is 0.412 e. The number of nitrogens with zero attached hydrogens (tertiary/aromatic N) is 4. The van der Waals surface area contributed by atoms with Gasteiger partial charge in [0, 0.05) is 7.05 Å². The summed E-state index contributed by atoms with van der Waals surface area (Å²) in [7, 11) is 1.56. The van der Waals surface area contributed by atoms with E-state index >= 15 is 0 Å². The molecule has 0 unspecified atom stereocenters. The Bertz CT molecular complexity index is 740. The van der Waals surface area contributed by atoms with Gasteiger partial charge in [-0.15, -0.1) is 5.10 Å². The highest BCUT2D eigenvalue weighted by atomic mass is 16.5. The molecule has 3 heterocycles. The van der Waals surface area contributed by atoms with Crippen molar-refractivity contribution in [2.75, 3.05) is 10.6 Å². The number of aryl methyl sites for hydroxylation is 1. The molecule has 2 aromatic rings. The number of aromatic nitrogens is 4. The maximum Gasteiger partial charge on any atom is 0.412 e. The third kappa shape index (κ3) is 2.33. The molecule has 10 nitrogen and oxygen atoms in total. The molecule has 0 atom stereocenters. The molecule has 21 heavy (non-hydrogen) atoms. The topological polar surface area (TPSA) is 131 Å². The predicted octanol–water partition coefficient (Wildman–Crippen LogP) is 1.03. The number of carbonyl (C=O) groups is 2. The van der Waals surface area contributed by atoms with E-state index in [1.165, 1.54) is 4.68 Å². The summed E-state index contributed by atoms with van der Waals surface area (Å²) in [6.07, 6.45) is -1.76. The molecule has 3 rings (SSSR count). The summed E-state index contributed by atoms with van der Waals surface area (Å²) in [4.78, 5) is 26.2. The van der Waals surface area contributed by atoms with Crippen molar-refractivity contribution >= 4 is 23.7 Å². The third-order valence-electron chi connectivity index (χ3n) is 2.85. The van der Waals surface area contributed by atoms with Crippen molar-refractivity contribution in [1.29, 1.82) is 0 Å². The molecule has 2 amide bonds. The highest BCUT2D eigenvalue weighted by molar-refractivity contribution is 5.89. The summed E-state index contributed by atoms with van der Waals surface area (Å²) in [6.45, 7) is 0.0387. The van der Waals surface area contributed by atoms with E-state index in [1.807, 2.05) is 0 Å². The molecule has 1 aliphatic rings. The van der Waals surface area contributed by atoms with Gasteiger partial charge < -0.3 is 9.84 Å². The Kier molecular flexibility index (Phi) is 2.90. The van der Waals surface area contributed by atoms with Gasteiger partial charge in [0.1, 0.15) is 12.3 Å². The molecule has 0 saturated carbocycles. The molecule has 0 spiro atoms. The average Bonchev–Trinajstić information content (AvgIpc) is 2.79. The first-order valence-corrected chi connectivity index (χ1v) is 5.88. The second-order valence-corrected chi connectivity index (χ2v) is 4.23. The molecule has 108 valence electrons. The van der Waals surface area contributed by atoms with E-state index in [9.17, 15) is 9.59 Å². The fourth-order valence-electron chi connectivity index (χ4n) is 1.91. The van der Waals surface area contributed by atoms with Gasteiger partial charge in [0.15, 0.2) is 11.5 Å². The Labute approximate surface area is 117 Å². The van der Waals surface area contributed by atoms with E-state index in [-0.39, 0.29) is 12.4 Å². The van der Waals surface area contributed by atoms with E-state index in [2.05, 4.69) is 25.9 Å². The molecule has 10 heteroatoms. The first-order valence-electron chi connectivity index (χ1n) is 5.88. The summed E-state index contributed by atoms with van der Waals surface area (Å²) in [5, 5.41) is 21.2. The maximum atomic E-state index is 11.1. The van der Waals surface area contributed by atoms with Gasteiger partial charge in [-0.25, -0.2) is 19.3 Å². The van der Waals surface area contributed by atoms with Crippen molar-refractivity contribution < 1.29 is 19.4 Å². The summed E-state index contributed by atoms with van der Waals surface area (Å²) < 4.78 is 6.13. The summed E-state index contributed by atoms with van der Waals surface area (Å²) in [5.41, 5.74) is 1.79. The highest BCUT2D eigenvalue weighted by Gasteiger charge is 2.21. The number of hydrogen-bond acceptors (Lipinski definition) is 6. The molecule has 3 N–H and O–H groups in total. The normalized spacial score (nSPS) is 13.1. The standard InChI is InChI=1S/C11H10N6O4/c1-17-9(14-10(18)19)8(15-16-17)6-3-2-5-7(12-6)4-21-11(20)13-5/h2-3,14H,4H2,1H3,(H,13,20)(H,18,19). The number of fused-ring (bicyclic) bond motifs is 1. The number of amides is 2. The van der Waals surface area contributed by atoms with Crippen LogP contribution in [0.5, 0.6) is 0 Å². The average molecular weight is 290 g/mol. The fourth-order valence-corrected chi connectivity index (χ4v) is 1.91. The number of pyridine rings is 1. The van der Waals surface area contributed by atoms with Gasteiger partial charge in [0.25, 0.3) is 0 Å². The second-order valence-electron chi connectivity index (χ2n) is 4.23. The van der Waals surface area contributed by atoms with Crippen LogP contribution in [0.4, 0.5) is 21.1 Å². The van der Waals surface area contributed by atoms with Crippen molar-refractivity contribution in [3.05, 3.63) is 17.8 Å². The zero-order valence-corrected chi connectivity index (χ0v) is 10.8. The minimum absolute atomic E-state index is 0.0387. The van der Waals surface area contributed by atoms with Gasteiger partial charge in [-0.2, -0.15) is 0 Å². The summed E-state index contributed by atoms with van der Waals surface area (Å²) >= 11 is 0. The van der Waals surface area contributed by atoms with Crippen LogP contribution in [0.1, 0.15) is 5.69 Å². The summed E-state index contributed by atoms with van der Waals surface area (Å²) in [6, 6.07) is 3.26. The minimum atomic E-state index is -1.23. The summed E-state index contributed by atoms with van der Waals surface area (Å²) in [5.74, 6) is 0.204. The molecule has 0 bridgehead atoms. The molecule has 0 saturated heterocycles. The number of carboxylic acid groups (broad SMARTS) is 1. The van der Waals surface area contributed by atoms with Gasteiger partial charge in [0.2, 0.25) is 0 Å². The van der Waals surface area contributed by atoms with Crippen LogP contribution in [0.3, 0.4) is 0 Å². The van der Waals surface area contributed by atoms with Gasteiger partial charge in [-0.3, -0.25) is 10.6 Å². The monoisotopic (exact) mass is 290 g/mol. The highest BCUT2D eigenvalue weighted by Crippen LogP contribution is 2.27. The van der Waals surface area contributed by atoms with Crippen molar-refractivity contribution in [1.82, 2.24) is 20.0 Å². The van der Waals surface area contributed by atoms with Crippen LogP contribution < -0.4 is 10.6 Å². The number of nitrogens with one attached hydrogen (secondary N) is 2. The zero-order chi connectivity index (χ0) is 15.0. The second kappa shape index (κ2) is 4.74. The molecular formula is C11H10N6O4. The lowest BCUT2D eigenvalue weighted by atomic mass is 10.2. The van der Waals surface area contributed by atoms with Gasteiger partial charge in [-0.1, -0.05) is 5.21 Å². The Hall–Kier alpha value is -3.17. The molecule has 0 aliphatic carbocycles. The van der Waals surface area contributed by atoms with Crippen LogP contribution in [-0.2, 0) is 18.4 Å². The third-order valence-corrected chi connectivity index (χ3v) is 2.85. The van der Waals surface area contributed by atoms with Crippen LogP contribution in [0, 0.1) is 0 Å². The number of cyclic esters (lactones) is 1. The van der Waals surface area contributed by atoms with Gasteiger partial charge >= 0.3 is 12.2 Å². The van der Waals surface area contributed by atoms with E-state index in [1.54, 1.807) is 19.2 Å². The number of hydrogen-bond donors (Lipinski definition) is 3. The molecule has 0 aromatic carbocycles. The van der Waals surface area contributed by atoms with Gasteiger partial charge in [0.05, 0.1) is 11.4 Å². The Morgan fingerprint density at radius 3 is 3.10 bits per heavy atom.